The number of esters is 1. The van der Waals surface area contributed by atoms with E-state index in [9.17, 15) is 9.59 Å². The summed E-state index contributed by atoms with van der Waals surface area (Å²) in [6, 6.07) is 12.6. The minimum absolute atomic E-state index is 0.204. The lowest BCUT2D eigenvalue weighted by molar-refractivity contribution is -0.136. The molecule has 1 aromatic heterocycles. The smallest absolute Gasteiger partial charge is 0.331 e. The van der Waals surface area contributed by atoms with Crippen LogP contribution < -0.4 is 9.47 Å². The Balaban J connectivity index is 1.64. The topological polar surface area (TPSA) is 75.0 Å². The second-order valence-electron chi connectivity index (χ2n) is 6.02. The fraction of sp³-hybridized carbons (Fsp3) is 0.182. The number of rotatable bonds is 7. The van der Waals surface area contributed by atoms with Crippen LogP contribution in [0.15, 0.2) is 53.0 Å². The minimum atomic E-state index is -0.639. The Kier molecular flexibility index (Phi) is 5.79. The molecule has 0 amide bonds. The number of para-hydroxylation sites is 1. The number of fused-ring (bicyclic) bond motifs is 1. The standard InChI is InChI=1S/C22H20O6/c1-14-17-6-4-5-7-19(17)28-22(14)18(23)13-27-21(24)11-9-15-8-10-16(25-2)12-20(15)26-3/h4-12H,13H2,1-3H3/b11-9+. The summed E-state index contributed by atoms with van der Waals surface area (Å²) in [4.78, 5) is 24.3. The van der Waals surface area contributed by atoms with E-state index < -0.39 is 18.4 Å². The van der Waals surface area contributed by atoms with Crippen molar-refractivity contribution in [1.29, 1.82) is 0 Å². The molecule has 144 valence electrons. The molecular weight excluding hydrogens is 360 g/mol. The molecule has 0 fully saturated rings. The van der Waals surface area contributed by atoms with Crippen molar-refractivity contribution in [2.24, 2.45) is 0 Å². The van der Waals surface area contributed by atoms with Crippen LogP contribution in [-0.2, 0) is 9.53 Å². The molecule has 3 rings (SSSR count). The molecule has 0 aliphatic carbocycles. The van der Waals surface area contributed by atoms with E-state index in [4.69, 9.17) is 18.6 Å². The summed E-state index contributed by atoms with van der Waals surface area (Å²) in [6.07, 6.45) is 2.79. The van der Waals surface area contributed by atoms with Crippen LogP contribution in [0.3, 0.4) is 0 Å². The zero-order chi connectivity index (χ0) is 20.1. The number of ketones is 1. The van der Waals surface area contributed by atoms with Crippen LogP contribution in [0.2, 0.25) is 0 Å². The van der Waals surface area contributed by atoms with E-state index in [1.807, 2.05) is 18.2 Å². The molecule has 0 N–H and O–H groups in total. The second kappa shape index (κ2) is 8.43. The van der Waals surface area contributed by atoms with Gasteiger partial charge in [0.2, 0.25) is 5.78 Å². The number of benzene rings is 2. The fourth-order valence-corrected chi connectivity index (χ4v) is 2.80. The molecule has 0 aliphatic rings. The lowest BCUT2D eigenvalue weighted by Crippen LogP contribution is -2.12. The highest BCUT2D eigenvalue weighted by Gasteiger charge is 2.18. The number of methoxy groups -OCH3 is 2. The van der Waals surface area contributed by atoms with Gasteiger partial charge in [-0.1, -0.05) is 18.2 Å². The molecule has 2 aromatic carbocycles. The maximum Gasteiger partial charge on any atom is 0.331 e. The largest absolute Gasteiger partial charge is 0.497 e. The molecule has 28 heavy (non-hydrogen) atoms. The Bertz CT molecular complexity index is 1040. The van der Waals surface area contributed by atoms with Crippen molar-refractivity contribution in [2.45, 2.75) is 6.92 Å². The van der Waals surface area contributed by atoms with Gasteiger partial charge in [0, 0.05) is 28.7 Å². The highest BCUT2D eigenvalue weighted by atomic mass is 16.5. The van der Waals surface area contributed by atoms with Gasteiger partial charge in [0.1, 0.15) is 17.1 Å². The van der Waals surface area contributed by atoms with Gasteiger partial charge in [0.05, 0.1) is 14.2 Å². The first-order chi connectivity index (χ1) is 13.5. The third-order valence-corrected chi connectivity index (χ3v) is 4.28. The monoisotopic (exact) mass is 380 g/mol. The maximum absolute atomic E-state index is 12.4. The quantitative estimate of drug-likeness (QED) is 0.347. The van der Waals surface area contributed by atoms with Crippen LogP contribution in [0.25, 0.3) is 17.0 Å². The number of Topliss-reactive ketones (excluding diaryl/α,β-unsaturated/α-hetero) is 1. The van der Waals surface area contributed by atoms with Gasteiger partial charge in [0.25, 0.3) is 0 Å². The molecule has 0 saturated heterocycles. The SMILES string of the molecule is COc1ccc(/C=C/C(=O)OCC(=O)c2oc3ccccc3c2C)c(OC)c1. The molecule has 1 heterocycles. The molecular formula is C22H20O6. The second-order valence-corrected chi connectivity index (χ2v) is 6.02. The molecule has 0 unspecified atom stereocenters. The molecule has 3 aromatic rings. The average molecular weight is 380 g/mol. The van der Waals surface area contributed by atoms with Crippen molar-refractivity contribution in [3.05, 3.63) is 65.4 Å². The van der Waals surface area contributed by atoms with E-state index >= 15 is 0 Å². The molecule has 0 aliphatic heterocycles. The first-order valence-corrected chi connectivity index (χ1v) is 8.61. The van der Waals surface area contributed by atoms with E-state index in [2.05, 4.69) is 0 Å². The lowest BCUT2D eigenvalue weighted by Gasteiger charge is -2.07. The van der Waals surface area contributed by atoms with Gasteiger partial charge in [-0.15, -0.1) is 0 Å². The molecule has 0 saturated carbocycles. The summed E-state index contributed by atoms with van der Waals surface area (Å²) >= 11 is 0. The van der Waals surface area contributed by atoms with E-state index in [0.29, 0.717) is 22.6 Å². The van der Waals surface area contributed by atoms with E-state index in [-0.39, 0.29) is 5.76 Å². The van der Waals surface area contributed by atoms with Crippen LogP contribution in [-0.4, -0.2) is 32.6 Å². The summed E-state index contributed by atoms with van der Waals surface area (Å²) in [5.41, 5.74) is 2.04. The van der Waals surface area contributed by atoms with E-state index in [0.717, 1.165) is 10.9 Å². The van der Waals surface area contributed by atoms with E-state index in [1.54, 1.807) is 44.4 Å². The van der Waals surface area contributed by atoms with Gasteiger partial charge >= 0.3 is 5.97 Å². The highest BCUT2D eigenvalue weighted by Crippen LogP contribution is 2.26. The fourth-order valence-electron chi connectivity index (χ4n) is 2.80. The first kappa shape index (κ1) is 19.2. The number of aryl methyl sites for hydroxylation is 1. The third-order valence-electron chi connectivity index (χ3n) is 4.28. The van der Waals surface area contributed by atoms with E-state index in [1.165, 1.54) is 13.2 Å². The van der Waals surface area contributed by atoms with Crippen molar-refractivity contribution in [2.75, 3.05) is 20.8 Å². The molecule has 0 bridgehead atoms. The molecule has 0 spiro atoms. The summed E-state index contributed by atoms with van der Waals surface area (Å²) < 4.78 is 21.0. The van der Waals surface area contributed by atoms with Crippen LogP contribution >= 0.6 is 0 Å². The zero-order valence-electron chi connectivity index (χ0n) is 15.9. The Labute approximate surface area is 162 Å². The number of hydrogen-bond acceptors (Lipinski definition) is 6. The summed E-state index contributed by atoms with van der Waals surface area (Å²) in [5, 5.41) is 0.865. The summed E-state index contributed by atoms with van der Waals surface area (Å²) in [7, 11) is 3.08. The number of ether oxygens (including phenoxy) is 3. The Morgan fingerprint density at radius 1 is 1.07 bits per heavy atom. The highest BCUT2D eigenvalue weighted by molar-refractivity contribution is 6.02. The number of hydrogen-bond donors (Lipinski definition) is 0. The number of carbonyl (C=O) groups is 2. The minimum Gasteiger partial charge on any atom is -0.497 e. The molecule has 0 atom stereocenters. The van der Waals surface area contributed by atoms with Crippen molar-refractivity contribution in [3.63, 3.8) is 0 Å². The summed E-state index contributed by atoms with van der Waals surface area (Å²) in [6.45, 7) is 1.40. The van der Waals surface area contributed by atoms with Crippen molar-refractivity contribution >= 4 is 28.8 Å². The molecule has 6 heteroatoms. The normalized spacial score (nSPS) is 11.0. The molecule has 6 nitrogen and oxygen atoms in total. The Hall–Kier alpha value is -3.54. The van der Waals surface area contributed by atoms with Crippen molar-refractivity contribution in [1.82, 2.24) is 0 Å². The number of furan rings is 1. The van der Waals surface area contributed by atoms with Gasteiger partial charge in [0.15, 0.2) is 12.4 Å². The third kappa shape index (κ3) is 4.06. The van der Waals surface area contributed by atoms with Crippen LogP contribution in [0.5, 0.6) is 11.5 Å². The maximum atomic E-state index is 12.4. The first-order valence-electron chi connectivity index (χ1n) is 8.61. The Morgan fingerprint density at radius 2 is 1.86 bits per heavy atom. The van der Waals surface area contributed by atoms with Crippen LogP contribution in [0.4, 0.5) is 0 Å². The van der Waals surface area contributed by atoms with Gasteiger partial charge in [-0.05, 0) is 31.2 Å². The van der Waals surface area contributed by atoms with Crippen molar-refractivity contribution < 1.29 is 28.2 Å². The predicted molar refractivity (Wildman–Crippen MR) is 105 cm³/mol. The zero-order valence-corrected chi connectivity index (χ0v) is 15.9. The van der Waals surface area contributed by atoms with Gasteiger partial charge in [-0.2, -0.15) is 0 Å². The van der Waals surface area contributed by atoms with Crippen molar-refractivity contribution in [3.8, 4) is 11.5 Å². The average Bonchev–Trinajstić information content (AvgIpc) is 3.07. The lowest BCUT2D eigenvalue weighted by atomic mass is 10.1. The number of carbonyl (C=O) groups excluding carboxylic acids is 2. The van der Waals surface area contributed by atoms with Gasteiger partial charge in [-0.25, -0.2) is 4.79 Å². The summed E-state index contributed by atoms with van der Waals surface area (Å²) in [5.74, 6) is 0.369. The Morgan fingerprint density at radius 3 is 2.57 bits per heavy atom. The molecule has 0 radical (unpaired) electrons. The van der Waals surface area contributed by atoms with Gasteiger partial charge < -0.3 is 18.6 Å². The van der Waals surface area contributed by atoms with Crippen LogP contribution in [0, 0.1) is 6.92 Å². The van der Waals surface area contributed by atoms with Gasteiger partial charge in [-0.3, -0.25) is 4.79 Å². The predicted octanol–water partition coefficient (Wildman–Crippen LogP) is 4.20. The van der Waals surface area contributed by atoms with Crippen LogP contribution in [0.1, 0.15) is 21.7 Å².